The van der Waals surface area contributed by atoms with Crippen LogP contribution >= 0.6 is 0 Å². The number of benzene rings is 1. The summed E-state index contributed by atoms with van der Waals surface area (Å²) in [6, 6.07) is 4.71. The van der Waals surface area contributed by atoms with E-state index in [1.165, 1.54) is 0 Å². The van der Waals surface area contributed by atoms with E-state index in [1.807, 2.05) is 6.92 Å². The first kappa shape index (κ1) is 13.0. The van der Waals surface area contributed by atoms with Crippen LogP contribution in [0.15, 0.2) is 18.2 Å². The highest BCUT2D eigenvalue weighted by atomic mass is 16.4. The zero-order chi connectivity index (χ0) is 14.4. The molecule has 0 saturated carbocycles. The number of rotatable bonds is 2. The molecule has 0 aliphatic carbocycles. The van der Waals surface area contributed by atoms with Crippen molar-refractivity contribution in [3.63, 3.8) is 0 Å². The number of carbonyl (C=O) groups is 2. The Labute approximate surface area is 116 Å². The lowest BCUT2D eigenvalue weighted by Crippen LogP contribution is -2.37. The first-order valence-electron chi connectivity index (χ1n) is 6.84. The molecular formula is C15H17NO4. The number of hydrogen-bond donors (Lipinski definition) is 2. The quantitative estimate of drug-likeness (QED) is 0.862. The molecule has 5 heteroatoms. The first-order chi connectivity index (χ1) is 9.49. The molecule has 2 N–H and O–H groups in total. The number of carboxylic acids is 1. The van der Waals surface area contributed by atoms with Crippen molar-refractivity contribution in [3.8, 4) is 5.75 Å². The molecule has 2 saturated heterocycles. The fourth-order valence-electron chi connectivity index (χ4n) is 3.53. The van der Waals surface area contributed by atoms with E-state index >= 15 is 0 Å². The summed E-state index contributed by atoms with van der Waals surface area (Å²) in [5.41, 5.74) is 1.14. The summed E-state index contributed by atoms with van der Waals surface area (Å²) in [4.78, 5) is 25.5. The molecule has 2 bridgehead atoms. The second-order valence-corrected chi connectivity index (χ2v) is 5.71. The van der Waals surface area contributed by atoms with Gasteiger partial charge in [0, 0.05) is 12.1 Å². The van der Waals surface area contributed by atoms with Crippen molar-refractivity contribution in [2.24, 2.45) is 5.92 Å². The minimum Gasteiger partial charge on any atom is -0.507 e. The largest absolute Gasteiger partial charge is 0.507 e. The topological polar surface area (TPSA) is 77.8 Å². The van der Waals surface area contributed by atoms with Crippen LogP contribution in [0.2, 0.25) is 0 Å². The van der Waals surface area contributed by atoms with E-state index in [-0.39, 0.29) is 29.3 Å². The minimum absolute atomic E-state index is 0.00527. The zero-order valence-corrected chi connectivity index (χ0v) is 11.2. The Bertz CT molecular complexity index is 583. The molecule has 3 atom stereocenters. The maximum Gasteiger partial charge on any atom is 0.308 e. The summed E-state index contributed by atoms with van der Waals surface area (Å²) in [6.45, 7) is 1.84. The highest BCUT2D eigenvalue weighted by molar-refractivity contribution is 5.98. The number of phenols is 1. The Kier molecular flexibility index (Phi) is 2.92. The number of aromatic hydroxyl groups is 1. The Morgan fingerprint density at radius 2 is 2.05 bits per heavy atom. The first-order valence-corrected chi connectivity index (χ1v) is 6.84. The van der Waals surface area contributed by atoms with Gasteiger partial charge in [-0.25, -0.2) is 0 Å². The summed E-state index contributed by atoms with van der Waals surface area (Å²) in [5, 5.41) is 19.1. The van der Waals surface area contributed by atoms with E-state index in [2.05, 4.69) is 0 Å². The Morgan fingerprint density at radius 3 is 2.65 bits per heavy atom. The number of aliphatic carboxylic acids is 1. The van der Waals surface area contributed by atoms with E-state index in [0.29, 0.717) is 6.42 Å². The normalized spacial score (nSPS) is 27.9. The van der Waals surface area contributed by atoms with Gasteiger partial charge in [0.15, 0.2) is 0 Å². The number of carboxylic acid groups (broad SMARTS) is 1. The number of carbonyl (C=O) groups excluding carboxylic acids is 1. The van der Waals surface area contributed by atoms with Crippen LogP contribution in [0.5, 0.6) is 5.75 Å². The van der Waals surface area contributed by atoms with Crippen LogP contribution in [0.1, 0.15) is 35.2 Å². The van der Waals surface area contributed by atoms with Gasteiger partial charge >= 0.3 is 5.97 Å². The Balaban J connectivity index is 1.90. The van der Waals surface area contributed by atoms with E-state index < -0.39 is 11.9 Å². The predicted molar refractivity (Wildman–Crippen MR) is 71.6 cm³/mol. The minimum atomic E-state index is -0.830. The number of aryl methyl sites for hydroxylation is 1. The van der Waals surface area contributed by atoms with E-state index in [0.717, 1.165) is 18.4 Å². The zero-order valence-electron chi connectivity index (χ0n) is 11.2. The molecule has 3 rings (SSSR count). The molecule has 1 amide bonds. The number of fused-ring (bicyclic) bond motifs is 2. The molecule has 2 aliphatic heterocycles. The number of amides is 1. The van der Waals surface area contributed by atoms with Gasteiger partial charge in [-0.2, -0.15) is 0 Å². The van der Waals surface area contributed by atoms with Crippen molar-refractivity contribution in [2.75, 3.05) is 0 Å². The molecule has 3 unspecified atom stereocenters. The Hall–Kier alpha value is -2.04. The standard InChI is InChI=1S/C15H17NO4/c1-8-2-4-10(13(17)6-8)14(18)16-9-3-5-12(16)11(7-9)15(19)20/h2,4,6,9,11-12,17H,3,5,7H2,1H3,(H,19,20). The SMILES string of the molecule is Cc1ccc(C(=O)N2C3CCC2C(C(=O)O)C3)c(O)c1. The molecule has 0 radical (unpaired) electrons. The lowest BCUT2D eigenvalue weighted by atomic mass is 9.89. The lowest BCUT2D eigenvalue weighted by Gasteiger charge is -2.23. The van der Waals surface area contributed by atoms with Gasteiger partial charge in [-0.05, 0) is 43.9 Å². The maximum atomic E-state index is 12.6. The van der Waals surface area contributed by atoms with Gasteiger partial charge in [0.2, 0.25) is 0 Å². The average Bonchev–Trinajstić information content (AvgIpc) is 2.95. The van der Waals surface area contributed by atoms with Gasteiger partial charge in [-0.3, -0.25) is 9.59 Å². The molecule has 0 aromatic heterocycles. The van der Waals surface area contributed by atoms with Crippen LogP contribution in [0.25, 0.3) is 0 Å². The summed E-state index contributed by atoms with van der Waals surface area (Å²) in [5.74, 6) is -1.58. The van der Waals surface area contributed by atoms with Crippen LogP contribution < -0.4 is 0 Å². The van der Waals surface area contributed by atoms with Crippen molar-refractivity contribution in [1.82, 2.24) is 4.90 Å². The second-order valence-electron chi connectivity index (χ2n) is 5.71. The van der Waals surface area contributed by atoms with Crippen molar-refractivity contribution >= 4 is 11.9 Å². The predicted octanol–water partition coefficient (Wildman–Crippen LogP) is 1.78. The fourth-order valence-corrected chi connectivity index (χ4v) is 3.53. The molecule has 2 fully saturated rings. The molecule has 0 spiro atoms. The molecule has 5 nitrogen and oxygen atoms in total. The number of nitrogens with zero attached hydrogens (tertiary/aromatic N) is 1. The molecule has 2 aliphatic rings. The van der Waals surface area contributed by atoms with Gasteiger partial charge in [0.25, 0.3) is 5.91 Å². The number of phenolic OH excluding ortho intramolecular Hbond substituents is 1. The Morgan fingerprint density at radius 1 is 1.30 bits per heavy atom. The molecule has 106 valence electrons. The summed E-state index contributed by atoms with van der Waals surface area (Å²) < 4.78 is 0. The van der Waals surface area contributed by atoms with Gasteiger partial charge in [-0.15, -0.1) is 0 Å². The van der Waals surface area contributed by atoms with Crippen LogP contribution in [-0.4, -0.2) is 39.1 Å². The van der Waals surface area contributed by atoms with Crippen LogP contribution in [0.4, 0.5) is 0 Å². The van der Waals surface area contributed by atoms with Gasteiger partial charge in [-0.1, -0.05) is 6.07 Å². The van der Waals surface area contributed by atoms with Crippen LogP contribution in [0, 0.1) is 12.8 Å². The highest BCUT2D eigenvalue weighted by Gasteiger charge is 2.51. The van der Waals surface area contributed by atoms with Gasteiger partial charge in [0.1, 0.15) is 5.75 Å². The maximum absolute atomic E-state index is 12.6. The number of hydrogen-bond acceptors (Lipinski definition) is 3. The van der Waals surface area contributed by atoms with Crippen molar-refractivity contribution < 1.29 is 19.8 Å². The van der Waals surface area contributed by atoms with Crippen LogP contribution in [0.3, 0.4) is 0 Å². The third kappa shape index (κ3) is 1.85. The lowest BCUT2D eigenvalue weighted by molar-refractivity contribution is -0.142. The van der Waals surface area contributed by atoms with Gasteiger partial charge in [0.05, 0.1) is 11.5 Å². The van der Waals surface area contributed by atoms with Crippen molar-refractivity contribution in [2.45, 2.75) is 38.3 Å². The van der Waals surface area contributed by atoms with E-state index in [4.69, 9.17) is 0 Å². The third-order valence-corrected chi connectivity index (χ3v) is 4.47. The molecule has 1 aromatic carbocycles. The summed E-state index contributed by atoms with van der Waals surface area (Å²) >= 11 is 0. The second kappa shape index (κ2) is 4.51. The monoisotopic (exact) mass is 275 g/mol. The van der Waals surface area contributed by atoms with E-state index in [9.17, 15) is 19.8 Å². The highest BCUT2D eigenvalue weighted by Crippen LogP contribution is 2.43. The summed E-state index contributed by atoms with van der Waals surface area (Å²) in [6.07, 6.45) is 2.12. The molecule has 2 heterocycles. The van der Waals surface area contributed by atoms with E-state index in [1.54, 1.807) is 23.1 Å². The van der Waals surface area contributed by atoms with Crippen molar-refractivity contribution in [3.05, 3.63) is 29.3 Å². The third-order valence-electron chi connectivity index (χ3n) is 4.47. The van der Waals surface area contributed by atoms with Crippen LogP contribution in [-0.2, 0) is 4.79 Å². The summed E-state index contributed by atoms with van der Waals surface area (Å²) in [7, 11) is 0. The fraction of sp³-hybridized carbons (Fsp3) is 0.467. The van der Waals surface area contributed by atoms with Gasteiger partial charge < -0.3 is 15.1 Å². The molecular weight excluding hydrogens is 258 g/mol. The molecule has 20 heavy (non-hydrogen) atoms. The molecule has 1 aromatic rings. The smallest absolute Gasteiger partial charge is 0.308 e. The van der Waals surface area contributed by atoms with Crippen molar-refractivity contribution in [1.29, 1.82) is 0 Å². The average molecular weight is 275 g/mol.